The van der Waals surface area contributed by atoms with Gasteiger partial charge in [-0.2, -0.15) is 0 Å². The first-order chi connectivity index (χ1) is 19.1. The monoisotopic (exact) mass is 520 g/mol. The summed E-state index contributed by atoms with van der Waals surface area (Å²) < 4.78 is 9.90. The van der Waals surface area contributed by atoms with Crippen LogP contribution in [0.4, 0.5) is 0 Å². The average molecular weight is 521 g/mol. The van der Waals surface area contributed by atoms with E-state index < -0.39 is 17.3 Å². The molecule has 5 aromatic rings. The number of aryl methyl sites for hydroxylation is 1. The Morgan fingerprint density at radius 1 is 0.795 bits per heavy atom. The van der Waals surface area contributed by atoms with E-state index in [0.29, 0.717) is 54.1 Å². The van der Waals surface area contributed by atoms with Crippen molar-refractivity contribution in [3.05, 3.63) is 139 Å². The van der Waals surface area contributed by atoms with Gasteiger partial charge in [0.2, 0.25) is 0 Å². The third-order valence-electron chi connectivity index (χ3n) is 7.23. The maximum atomic E-state index is 14.4. The Morgan fingerprint density at radius 3 is 1.97 bits per heavy atom. The van der Waals surface area contributed by atoms with Gasteiger partial charge in [-0.25, -0.2) is 13.9 Å². The van der Waals surface area contributed by atoms with Crippen LogP contribution in [0.3, 0.4) is 0 Å². The summed E-state index contributed by atoms with van der Waals surface area (Å²) in [5.74, 6) is 0. The Hall–Kier alpha value is -4.53. The maximum Gasteiger partial charge on any atom is 0.341 e. The van der Waals surface area contributed by atoms with E-state index in [9.17, 15) is 14.4 Å². The lowest BCUT2D eigenvalue weighted by Gasteiger charge is -2.28. The van der Waals surface area contributed by atoms with Crippen LogP contribution in [0, 0.1) is 0 Å². The molecule has 3 heterocycles. The highest BCUT2D eigenvalue weighted by atomic mass is 16.5. The first-order valence-electron chi connectivity index (χ1n) is 13.0. The minimum atomic E-state index is -0.547. The molecule has 0 radical (unpaired) electrons. The van der Waals surface area contributed by atoms with Crippen molar-refractivity contribution in [1.29, 1.82) is 0 Å². The number of fused-ring (bicyclic) bond motifs is 1. The molecule has 1 N–H and O–H groups in total. The van der Waals surface area contributed by atoms with Gasteiger partial charge >= 0.3 is 5.69 Å². The maximum absolute atomic E-state index is 14.4. The molecule has 8 nitrogen and oxygen atoms in total. The molecule has 0 saturated carbocycles. The summed E-state index contributed by atoms with van der Waals surface area (Å²) in [6.07, 6.45) is 0.339. The summed E-state index contributed by atoms with van der Waals surface area (Å²) in [5, 5.41) is 3.77. The minimum absolute atomic E-state index is 0.255. The minimum Gasteiger partial charge on any atom is -0.378 e. The standard InChI is InChI=1S/C31H28N4O4/c1-33-28-27(26(25-20-39-18-17-32-25)24(29(33)36)19-21-11-5-2-6-12-21)30(37)35(23-15-9-4-10-16-23)31(38)34(28)22-13-7-3-8-14-22/h2-16,25,32H,17-20H2,1H3. The Balaban J connectivity index is 1.81. The Bertz CT molecular complexity index is 1820. The molecular weight excluding hydrogens is 492 g/mol. The normalized spacial score (nSPS) is 15.5. The number of para-hydroxylation sites is 2. The van der Waals surface area contributed by atoms with Gasteiger partial charge in [0.1, 0.15) is 5.65 Å². The van der Waals surface area contributed by atoms with Gasteiger partial charge in [0.15, 0.2) is 0 Å². The number of nitrogens with zero attached hydrogens (tertiary/aromatic N) is 3. The average Bonchev–Trinajstić information content (AvgIpc) is 2.98. The van der Waals surface area contributed by atoms with E-state index in [0.717, 1.165) is 5.56 Å². The van der Waals surface area contributed by atoms with Crippen molar-refractivity contribution in [3.8, 4) is 11.4 Å². The van der Waals surface area contributed by atoms with Crippen LogP contribution in [0.25, 0.3) is 22.4 Å². The highest BCUT2D eigenvalue weighted by Gasteiger charge is 2.30. The van der Waals surface area contributed by atoms with Gasteiger partial charge in [0.25, 0.3) is 11.1 Å². The van der Waals surface area contributed by atoms with E-state index in [1.807, 2.05) is 54.6 Å². The molecule has 8 heteroatoms. The van der Waals surface area contributed by atoms with Crippen LogP contribution in [0.2, 0.25) is 0 Å². The van der Waals surface area contributed by atoms with Gasteiger partial charge in [0.05, 0.1) is 36.0 Å². The zero-order valence-corrected chi connectivity index (χ0v) is 21.5. The van der Waals surface area contributed by atoms with Crippen LogP contribution in [-0.4, -0.2) is 33.5 Å². The van der Waals surface area contributed by atoms with Crippen LogP contribution in [-0.2, 0) is 18.2 Å². The van der Waals surface area contributed by atoms with E-state index in [4.69, 9.17) is 4.74 Å². The lowest BCUT2D eigenvalue weighted by molar-refractivity contribution is 0.0770. The summed E-state index contributed by atoms with van der Waals surface area (Å²) >= 11 is 0. The van der Waals surface area contributed by atoms with Crippen LogP contribution >= 0.6 is 0 Å². The smallest absolute Gasteiger partial charge is 0.341 e. The van der Waals surface area contributed by atoms with Crippen LogP contribution in [0.15, 0.2) is 105 Å². The highest BCUT2D eigenvalue weighted by molar-refractivity contribution is 5.82. The molecule has 0 aliphatic carbocycles. The molecule has 0 bridgehead atoms. The predicted molar refractivity (Wildman–Crippen MR) is 151 cm³/mol. The van der Waals surface area contributed by atoms with E-state index in [1.165, 1.54) is 13.7 Å². The molecule has 0 spiro atoms. The first-order valence-corrected chi connectivity index (χ1v) is 13.0. The fourth-order valence-electron chi connectivity index (χ4n) is 5.44. The van der Waals surface area contributed by atoms with Gasteiger partial charge in [-0.15, -0.1) is 0 Å². The fourth-order valence-corrected chi connectivity index (χ4v) is 5.44. The van der Waals surface area contributed by atoms with E-state index >= 15 is 0 Å². The number of morpholine rings is 1. The molecule has 1 atom stereocenters. The largest absolute Gasteiger partial charge is 0.378 e. The molecule has 1 fully saturated rings. The fraction of sp³-hybridized carbons (Fsp3) is 0.194. The van der Waals surface area contributed by atoms with Crippen LogP contribution in [0.1, 0.15) is 22.7 Å². The number of aromatic nitrogens is 3. The summed E-state index contributed by atoms with van der Waals surface area (Å²) in [6.45, 7) is 1.42. The summed E-state index contributed by atoms with van der Waals surface area (Å²) in [5.41, 5.74) is 2.03. The Kier molecular flexibility index (Phi) is 6.56. The lowest BCUT2D eigenvalue weighted by atomic mass is 9.93. The molecule has 39 heavy (non-hydrogen) atoms. The molecule has 1 saturated heterocycles. The second-order valence-electron chi connectivity index (χ2n) is 9.63. The summed E-state index contributed by atoms with van der Waals surface area (Å²) in [4.78, 5) is 42.6. The number of hydrogen-bond donors (Lipinski definition) is 1. The van der Waals surface area contributed by atoms with Crippen molar-refractivity contribution < 1.29 is 4.74 Å². The molecule has 6 rings (SSSR count). The molecular formula is C31H28N4O4. The number of hydrogen-bond acceptors (Lipinski definition) is 5. The van der Waals surface area contributed by atoms with E-state index in [1.54, 1.807) is 43.4 Å². The van der Waals surface area contributed by atoms with Gasteiger partial charge in [-0.3, -0.25) is 14.2 Å². The van der Waals surface area contributed by atoms with Crippen molar-refractivity contribution >= 4 is 11.0 Å². The number of ether oxygens (including phenoxy) is 1. The third-order valence-corrected chi connectivity index (χ3v) is 7.23. The van der Waals surface area contributed by atoms with Gasteiger partial charge in [-0.05, 0) is 35.4 Å². The molecule has 1 unspecified atom stereocenters. The van der Waals surface area contributed by atoms with Crippen molar-refractivity contribution in [3.63, 3.8) is 0 Å². The quantitative estimate of drug-likeness (QED) is 0.385. The third kappa shape index (κ3) is 4.33. The Labute approximate surface area is 224 Å². The van der Waals surface area contributed by atoms with Crippen molar-refractivity contribution in [2.75, 3.05) is 19.8 Å². The van der Waals surface area contributed by atoms with Crippen molar-refractivity contribution in [2.24, 2.45) is 7.05 Å². The number of benzene rings is 3. The van der Waals surface area contributed by atoms with Crippen molar-refractivity contribution in [2.45, 2.75) is 12.5 Å². The van der Waals surface area contributed by atoms with Crippen LogP contribution in [0.5, 0.6) is 0 Å². The summed E-state index contributed by atoms with van der Waals surface area (Å²) in [6, 6.07) is 27.3. The SMILES string of the molecule is Cn1c(=O)c(Cc2ccccc2)c(C2COCCN2)c2c(=O)n(-c3ccccc3)c(=O)n(-c3ccccc3)c21. The first kappa shape index (κ1) is 24.8. The van der Waals surface area contributed by atoms with Gasteiger partial charge in [0, 0.05) is 25.6 Å². The zero-order chi connectivity index (χ0) is 26.9. The lowest BCUT2D eigenvalue weighted by Crippen LogP contribution is -2.44. The van der Waals surface area contributed by atoms with Gasteiger partial charge < -0.3 is 10.1 Å². The molecule has 2 aromatic heterocycles. The number of rotatable bonds is 5. The molecule has 3 aromatic carbocycles. The van der Waals surface area contributed by atoms with Crippen LogP contribution < -0.4 is 22.1 Å². The second kappa shape index (κ2) is 10.3. The van der Waals surface area contributed by atoms with Gasteiger partial charge in [-0.1, -0.05) is 66.7 Å². The molecule has 0 amide bonds. The molecule has 1 aliphatic heterocycles. The second-order valence-corrected chi connectivity index (χ2v) is 9.63. The number of nitrogens with one attached hydrogen (secondary N) is 1. The highest BCUT2D eigenvalue weighted by Crippen LogP contribution is 2.28. The van der Waals surface area contributed by atoms with E-state index in [2.05, 4.69) is 5.32 Å². The van der Waals surface area contributed by atoms with E-state index in [-0.39, 0.29) is 11.2 Å². The van der Waals surface area contributed by atoms with Crippen molar-refractivity contribution in [1.82, 2.24) is 19.0 Å². The number of pyridine rings is 1. The Morgan fingerprint density at radius 2 is 1.38 bits per heavy atom. The summed E-state index contributed by atoms with van der Waals surface area (Å²) in [7, 11) is 1.62. The zero-order valence-electron chi connectivity index (χ0n) is 21.5. The molecule has 1 aliphatic rings. The molecule has 196 valence electrons. The predicted octanol–water partition coefficient (Wildman–Crippen LogP) is 3.09. The topological polar surface area (TPSA) is 87.3 Å².